The van der Waals surface area contributed by atoms with Gasteiger partial charge in [-0.1, -0.05) is 96.6 Å². The first-order chi connectivity index (χ1) is 20.4. The average Bonchev–Trinajstić information content (AvgIpc) is 3.46. The van der Waals surface area contributed by atoms with Crippen molar-refractivity contribution in [1.82, 2.24) is 0 Å². The van der Waals surface area contributed by atoms with Gasteiger partial charge in [0.25, 0.3) is 0 Å². The van der Waals surface area contributed by atoms with E-state index in [1.54, 1.807) is 37.4 Å². The second-order valence-electron chi connectivity index (χ2n) is 11.1. The van der Waals surface area contributed by atoms with Gasteiger partial charge >= 0.3 is 0 Å². The molecule has 1 aliphatic carbocycles. The zero-order chi connectivity index (χ0) is 29.2. The molecule has 0 unspecified atom stereocenters. The van der Waals surface area contributed by atoms with Crippen molar-refractivity contribution in [2.75, 3.05) is 19.1 Å². The van der Waals surface area contributed by atoms with E-state index < -0.39 is 23.4 Å². The first-order valence-electron chi connectivity index (χ1n) is 14.0. The van der Waals surface area contributed by atoms with Gasteiger partial charge in [-0.15, -0.1) is 0 Å². The zero-order valence-electron chi connectivity index (χ0n) is 23.5. The molecule has 2 aliphatic heterocycles. The molecule has 0 amide bonds. The number of aryl methyl sites for hydroxylation is 1. The minimum Gasteiger partial charge on any atom is -0.493 e. The minimum absolute atomic E-state index is 0.173. The maximum Gasteiger partial charge on any atom is 0.185 e. The summed E-state index contributed by atoms with van der Waals surface area (Å²) < 4.78 is 11.6. The Morgan fingerprint density at radius 3 is 2.12 bits per heavy atom. The van der Waals surface area contributed by atoms with Gasteiger partial charge in [0, 0.05) is 33.9 Å². The van der Waals surface area contributed by atoms with Crippen LogP contribution in [0, 0.1) is 12.3 Å². The molecule has 4 aromatic rings. The largest absolute Gasteiger partial charge is 0.493 e. The van der Waals surface area contributed by atoms with Crippen LogP contribution in [0.5, 0.6) is 11.5 Å². The molecule has 2 heterocycles. The Bertz CT molecular complexity index is 1770. The summed E-state index contributed by atoms with van der Waals surface area (Å²) in [5.41, 5.74) is 2.98. The lowest BCUT2D eigenvalue weighted by atomic mass is 9.64. The van der Waals surface area contributed by atoms with E-state index in [2.05, 4.69) is 0 Å². The van der Waals surface area contributed by atoms with E-state index in [-0.39, 0.29) is 17.3 Å². The number of nitrogens with zero attached hydrogens (tertiary/aromatic N) is 1. The Hall–Kier alpha value is -4.97. The lowest BCUT2D eigenvalue weighted by molar-refractivity contribution is 0.0664. The van der Waals surface area contributed by atoms with Crippen LogP contribution in [0.25, 0.3) is 6.08 Å². The van der Waals surface area contributed by atoms with E-state index in [1.807, 2.05) is 84.6 Å². The summed E-state index contributed by atoms with van der Waals surface area (Å²) in [5, 5.41) is 0. The molecule has 7 rings (SSSR count). The molecule has 1 fully saturated rings. The number of carbonyl (C=O) groups excluding carboxylic acids is 3. The fraction of sp³-hybridized carbons (Fsp3) is 0.194. The van der Waals surface area contributed by atoms with Crippen molar-refractivity contribution in [3.05, 3.63) is 130 Å². The summed E-state index contributed by atoms with van der Waals surface area (Å²) in [4.78, 5) is 46.5. The maximum atomic E-state index is 14.8. The molecule has 0 bridgehead atoms. The average molecular weight is 556 g/mol. The third-order valence-corrected chi connectivity index (χ3v) is 9.09. The van der Waals surface area contributed by atoms with Crippen molar-refractivity contribution in [2.45, 2.75) is 24.9 Å². The Balaban J connectivity index is 1.58. The highest BCUT2D eigenvalue weighted by Crippen LogP contribution is 2.62. The zero-order valence-corrected chi connectivity index (χ0v) is 23.5. The van der Waals surface area contributed by atoms with Crippen molar-refractivity contribution in [2.24, 2.45) is 5.41 Å². The molecular formula is C36H29NO5. The van der Waals surface area contributed by atoms with Crippen molar-refractivity contribution >= 4 is 29.1 Å². The Morgan fingerprint density at radius 2 is 1.45 bits per heavy atom. The molecule has 6 heteroatoms. The topological polar surface area (TPSA) is 72.9 Å². The molecule has 0 radical (unpaired) electrons. The monoisotopic (exact) mass is 555 g/mol. The smallest absolute Gasteiger partial charge is 0.185 e. The van der Waals surface area contributed by atoms with E-state index >= 15 is 0 Å². The first kappa shape index (κ1) is 26.0. The molecule has 3 aliphatic rings. The molecule has 0 aromatic heterocycles. The highest BCUT2D eigenvalue weighted by Gasteiger charge is 2.72. The van der Waals surface area contributed by atoms with Gasteiger partial charge in [0.1, 0.15) is 11.5 Å². The molecule has 4 aromatic carbocycles. The predicted molar refractivity (Wildman–Crippen MR) is 161 cm³/mol. The number of rotatable bonds is 5. The molecule has 0 N–H and O–H groups in total. The van der Waals surface area contributed by atoms with E-state index in [9.17, 15) is 14.4 Å². The van der Waals surface area contributed by atoms with Crippen LogP contribution in [0.4, 0.5) is 5.69 Å². The number of para-hydroxylation sites is 2. The van der Waals surface area contributed by atoms with Crippen molar-refractivity contribution in [3.8, 4) is 11.5 Å². The van der Waals surface area contributed by atoms with Crippen LogP contribution in [0.2, 0.25) is 0 Å². The van der Waals surface area contributed by atoms with E-state index in [4.69, 9.17) is 9.47 Å². The standard InChI is InChI=1S/C36H29NO5/c1-21-15-17-23(18-16-21)32(38)31-30(26-12-8-14-28(41-2)33(26)42-3)36(34(39)24-10-5-6-11-25(24)35(36)40)29-20-19-22-9-4-7-13-27(22)37(29)31/h4-20,29-31H,1-3H3/t29-,30-,31+/m1/s1. The summed E-state index contributed by atoms with van der Waals surface area (Å²) >= 11 is 0. The van der Waals surface area contributed by atoms with Gasteiger partial charge < -0.3 is 14.4 Å². The van der Waals surface area contributed by atoms with E-state index in [1.165, 1.54) is 7.11 Å². The quantitative estimate of drug-likeness (QED) is 0.212. The number of anilines is 1. The molecule has 6 nitrogen and oxygen atoms in total. The highest BCUT2D eigenvalue weighted by atomic mass is 16.5. The van der Waals surface area contributed by atoms with Gasteiger partial charge in [0.05, 0.1) is 20.3 Å². The summed E-state index contributed by atoms with van der Waals surface area (Å²) in [6, 6.07) is 26.0. The number of Topliss-reactive ketones (excluding diaryl/α,β-unsaturated/α-hetero) is 3. The lowest BCUT2D eigenvalue weighted by Gasteiger charge is -2.37. The van der Waals surface area contributed by atoms with Gasteiger partial charge in [-0.2, -0.15) is 0 Å². The number of carbonyl (C=O) groups is 3. The van der Waals surface area contributed by atoms with Crippen LogP contribution in [0.15, 0.2) is 97.1 Å². The fourth-order valence-electron chi connectivity index (χ4n) is 7.31. The summed E-state index contributed by atoms with van der Waals surface area (Å²) in [6.07, 6.45) is 3.88. The van der Waals surface area contributed by atoms with Gasteiger partial charge in [-0.3, -0.25) is 14.4 Å². The first-order valence-corrected chi connectivity index (χ1v) is 14.0. The van der Waals surface area contributed by atoms with Crippen LogP contribution in [-0.4, -0.2) is 43.7 Å². The number of ether oxygens (including phenoxy) is 2. The lowest BCUT2D eigenvalue weighted by Crippen LogP contribution is -2.48. The molecule has 208 valence electrons. The van der Waals surface area contributed by atoms with Crippen LogP contribution >= 0.6 is 0 Å². The molecular weight excluding hydrogens is 526 g/mol. The summed E-state index contributed by atoms with van der Waals surface area (Å²) in [5.74, 6) is -0.756. The van der Waals surface area contributed by atoms with Crippen molar-refractivity contribution in [1.29, 1.82) is 0 Å². The van der Waals surface area contributed by atoms with Gasteiger partial charge in [0.15, 0.2) is 28.8 Å². The summed E-state index contributed by atoms with van der Waals surface area (Å²) in [6.45, 7) is 1.97. The number of hydrogen-bond acceptors (Lipinski definition) is 6. The maximum absolute atomic E-state index is 14.8. The van der Waals surface area contributed by atoms with Crippen LogP contribution in [0.1, 0.15) is 53.7 Å². The number of methoxy groups -OCH3 is 2. The normalized spacial score (nSPS) is 21.2. The molecule has 1 spiro atoms. The third-order valence-electron chi connectivity index (χ3n) is 9.09. The molecule has 1 saturated heterocycles. The van der Waals surface area contributed by atoms with Gasteiger partial charge in [-0.05, 0) is 24.6 Å². The molecule has 3 atom stereocenters. The van der Waals surface area contributed by atoms with Crippen LogP contribution in [-0.2, 0) is 0 Å². The Morgan fingerprint density at radius 1 is 0.786 bits per heavy atom. The van der Waals surface area contributed by atoms with Crippen LogP contribution < -0.4 is 14.4 Å². The Kier molecular flexibility index (Phi) is 5.91. The van der Waals surface area contributed by atoms with Gasteiger partial charge in [0.2, 0.25) is 0 Å². The highest BCUT2D eigenvalue weighted by molar-refractivity contribution is 6.32. The number of ketones is 3. The SMILES string of the molecule is COc1cccc([C@@H]2[C@@H](C(=O)c3ccc(C)cc3)N3c4ccccc4C=C[C@@H]3C23C(=O)c2ccccc2C3=O)c1OC. The Labute approximate surface area is 244 Å². The van der Waals surface area contributed by atoms with E-state index in [0.717, 1.165) is 16.8 Å². The summed E-state index contributed by atoms with van der Waals surface area (Å²) in [7, 11) is 3.08. The third kappa shape index (κ3) is 3.35. The minimum atomic E-state index is -1.61. The number of hydrogen-bond donors (Lipinski definition) is 0. The number of benzene rings is 4. The predicted octanol–water partition coefficient (Wildman–Crippen LogP) is 6.33. The number of fused-ring (bicyclic) bond motifs is 5. The molecule has 0 saturated carbocycles. The van der Waals surface area contributed by atoms with Crippen molar-refractivity contribution < 1.29 is 23.9 Å². The second-order valence-corrected chi connectivity index (χ2v) is 11.1. The second kappa shape index (κ2) is 9.55. The van der Waals surface area contributed by atoms with Crippen molar-refractivity contribution in [3.63, 3.8) is 0 Å². The van der Waals surface area contributed by atoms with E-state index in [0.29, 0.717) is 33.8 Å². The fourth-order valence-corrected chi connectivity index (χ4v) is 7.31. The van der Waals surface area contributed by atoms with Gasteiger partial charge in [-0.25, -0.2) is 0 Å². The molecule has 42 heavy (non-hydrogen) atoms. The van der Waals surface area contributed by atoms with Crippen LogP contribution in [0.3, 0.4) is 0 Å².